The number of nitrogens with one attached hydrogen (secondary N) is 1. The van der Waals surface area contributed by atoms with Crippen molar-refractivity contribution >= 4 is 10.2 Å². The molecule has 23 heavy (non-hydrogen) atoms. The first-order valence-electron chi connectivity index (χ1n) is 7.99. The van der Waals surface area contributed by atoms with Gasteiger partial charge >= 0.3 is 0 Å². The first-order chi connectivity index (χ1) is 11.0. The zero-order valence-corrected chi connectivity index (χ0v) is 14.6. The van der Waals surface area contributed by atoms with E-state index in [1.165, 1.54) is 4.31 Å². The van der Waals surface area contributed by atoms with Gasteiger partial charge in [0.1, 0.15) is 0 Å². The highest BCUT2D eigenvalue weighted by Crippen LogP contribution is 2.13. The first kappa shape index (κ1) is 18.4. The molecule has 1 N–H and O–H groups in total. The van der Waals surface area contributed by atoms with E-state index in [1.54, 1.807) is 0 Å². The first-order valence-corrected chi connectivity index (χ1v) is 9.43. The maximum atomic E-state index is 12.2. The Morgan fingerprint density at radius 3 is 2.52 bits per heavy atom. The monoisotopic (exact) mass is 342 g/mol. The second kappa shape index (κ2) is 8.75. The van der Waals surface area contributed by atoms with Crippen LogP contribution in [0, 0.1) is 0 Å². The summed E-state index contributed by atoms with van der Waals surface area (Å²) in [6, 6.07) is 9.91. The van der Waals surface area contributed by atoms with Crippen molar-refractivity contribution in [2.45, 2.75) is 39.1 Å². The lowest BCUT2D eigenvalue weighted by Crippen LogP contribution is -2.52. The zero-order valence-electron chi connectivity index (χ0n) is 13.8. The van der Waals surface area contributed by atoms with Gasteiger partial charge in [0.15, 0.2) is 0 Å². The summed E-state index contributed by atoms with van der Waals surface area (Å²) in [6.45, 7) is 6.00. The van der Waals surface area contributed by atoms with Crippen molar-refractivity contribution in [2.24, 2.45) is 0 Å². The summed E-state index contributed by atoms with van der Waals surface area (Å²) in [5, 5.41) is 0. The Morgan fingerprint density at radius 2 is 1.87 bits per heavy atom. The maximum Gasteiger partial charge on any atom is 0.279 e. The van der Waals surface area contributed by atoms with E-state index in [0.717, 1.165) is 5.56 Å². The van der Waals surface area contributed by atoms with Crippen LogP contribution in [0.3, 0.4) is 0 Å². The standard InChI is InChI=1S/C16H26N2O4S/c1-14-11-18(12-15(2)22-14)23(19,20)17-9-6-10-21-13-16-7-4-3-5-8-16/h3-5,7-8,14-15,17H,6,9-13H2,1-2H3/t14-,15-/m0/s1. The van der Waals surface area contributed by atoms with E-state index in [-0.39, 0.29) is 12.2 Å². The molecule has 1 fully saturated rings. The van der Waals surface area contributed by atoms with E-state index in [9.17, 15) is 8.42 Å². The molecule has 0 unspecified atom stereocenters. The fourth-order valence-corrected chi connectivity index (χ4v) is 3.96. The van der Waals surface area contributed by atoms with Crippen LogP contribution in [-0.4, -0.2) is 51.2 Å². The van der Waals surface area contributed by atoms with Crippen LogP contribution in [0.15, 0.2) is 30.3 Å². The molecule has 0 amide bonds. The van der Waals surface area contributed by atoms with Gasteiger partial charge in [-0.05, 0) is 25.8 Å². The Balaban J connectivity index is 1.65. The Labute approximate surface area is 139 Å². The van der Waals surface area contributed by atoms with Gasteiger partial charge in [-0.3, -0.25) is 0 Å². The second-order valence-electron chi connectivity index (χ2n) is 5.87. The molecule has 6 nitrogen and oxygen atoms in total. The molecule has 130 valence electrons. The molecule has 1 aromatic rings. The average molecular weight is 342 g/mol. The summed E-state index contributed by atoms with van der Waals surface area (Å²) >= 11 is 0. The van der Waals surface area contributed by atoms with E-state index in [4.69, 9.17) is 9.47 Å². The molecule has 0 bridgehead atoms. The number of rotatable bonds is 8. The largest absolute Gasteiger partial charge is 0.377 e. The third kappa shape index (κ3) is 6.19. The van der Waals surface area contributed by atoms with Gasteiger partial charge in [0.25, 0.3) is 10.2 Å². The predicted molar refractivity (Wildman–Crippen MR) is 89.2 cm³/mol. The summed E-state index contributed by atoms with van der Waals surface area (Å²) in [4.78, 5) is 0. The molecular weight excluding hydrogens is 316 g/mol. The summed E-state index contributed by atoms with van der Waals surface area (Å²) in [6.07, 6.45) is 0.482. The van der Waals surface area contributed by atoms with Gasteiger partial charge in [-0.2, -0.15) is 12.7 Å². The fraction of sp³-hybridized carbons (Fsp3) is 0.625. The summed E-state index contributed by atoms with van der Waals surface area (Å²) in [5.74, 6) is 0. The minimum atomic E-state index is -3.44. The number of ether oxygens (including phenoxy) is 2. The number of hydrogen-bond donors (Lipinski definition) is 1. The van der Waals surface area contributed by atoms with Crippen LogP contribution < -0.4 is 4.72 Å². The molecule has 0 spiro atoms. The Morgan fingerprint density at radius 1 is 1.22 bits per heavy atom. The van der Waals surface area contributed by atoms with Gasteiger partial charge < -0.3 is 9.47 Å². The molecule has 0 radical (unpaired) electrons. The lowest BCUT2D eigenvalue weighted by atomic mass is 10.2. The summed E-state index contributed by atoms with van der Waals surface area (Å²) in [7, 11) is -3.44. The normalized spacial score (nSPS) is 23.0. The third-order valence-electron chi connectivity index (χ3n) is 3.59. The number of nitrogens with zero attached hydrogens (tertiary/aromatic N) is 1. The minimum absolute atomic E-state index is 0.0791. The Bertz CT molecular complexity index is 555. The van der Waals surface area contributed by atoms with Crippen molar-refractivity contribution in [1.29, 1.82) is 0 Å². The van der Waals surface area contributed by atoms with Crippen LogP contribution in [0.1, 0.15) is 25.8 Å². The van der Waals surface area contributed by atoms with E-state index >= 15 is 0 Å². The van der Waals surface area contributed by atoms with Gasteiger partial charge in [0.05, 0.1) is 18.8 Å². The predicted octanol–water partition coefficient (Wildman–Crippen LogP) is 1.54. The van der Waals surface area contributed by atoms with E-state index in [1.807, 2.05) is 44.2 Å². The topological polar surface area (TPSA) is 67.9 Å². The second-order valence-corrected chi connectivity index (χ2v) is 7.62. The SMILES string of the molecule is C[C@H]1CN(S(=O)(=O)NCCCOCc2ccccc2)C[C@H](C)O1. The van der Waals surface area contributed by atoms with Crippen molar-refractivity contribution in [3.8, 4) is 0 Å². The van der Waals surface area contributed by atoms with Gasteiger partial charge in [-0.15, -0.1) is 0 Å². The van der Waals surface area contributed by atoms with Crippen LogP contribution in [0.2, 0.25) is 0 Å². The highest BCUT2D eigenvalue weighted by atomic mass is 32.2. The lowest BCUT2D eigenvalue weighted by molar-refractivity contribution is -0.0444. The quantitative estimate of drug-likeness (QED) is 0.728. The number of morpholine rings is 1. The van der Waals surface area contributed by atoms with Crippen molar-refractivity contribution in [3.63, 3.8) is 0 Å². The van der Waals surface area contributed by atoms with E-state index in [0.29, 0.717) is 39.3 Å². The van der Waals surface area contributed by atoms with E-state index in [2.05, 4.69) is 4.72 Å². The lowest BCUT2D eigenvalue weighted by Gasteiger charge is -2.34. The molecule has 1 aliphatic rings. The molecule has 0 saturated carbocycles. The molecule has 0 aliphatic carbocycles. The highest BCUT2D eigenvalue weighted by molar-refractivity contribution is 7.87. The Hall–Kier alpha value is -0.990. The van der Waals surface area contributed by atoms with Crippen molar-refractivity contribution in [2.75, 3.05) is 26.2 Å². The molecular formula is C16H26N2O4S. The van der Waals surface area contributed by atoms with Crippen LogP contribution in [0.25, 0.3) is 0 Å². The summed E-state index contributed by atoms with van der Waals surface area (Å²) in [5.41, 5.74) is 1.12. The minimum Gasteiger partial charge on any atom is -0.377 e. The fourth-order valence-electron chi connectivity index (χ4n) is 2.56. The molecule has 1 saturated heterocycles. The van der Waals surface area contributed by atoms with Crippen molar-refractivity contribution in [1.82, 2.24) is 9.03 Å². The zero-order chi connectivity index (χ0) is 16.7. The number of hydrogen-bond acceptors (Lipinski definition) is 4. The van der Waals surface area contributed by atoms with Crippen LogP contribution in [0.4, 0.5) is 0 Å². The third-order valence-corrected chi connectivity index (χ3v) is 5.13. The molecule has 2 atom stereocenters. The van der Waals surface area contributed by atoms with Crippen molar-refractivity contribution in [3.05, 3.63) is 35.9 Å². The van der Waals surface area contributed by atoms with Crippen molar-refractivity contribution < 1.29 is 17.9 Å². The highest BCUT2D eigenvalue weighted by Gasteiger charge is 2.30. The molecule has 1 aliphatic heterocycles. The van der Waals surface area contributed by atoms with Gasteiger partial charge in [-0.25, -0.2) is 4.72 Å². The number of benzene rings is 1. The smallest absolute Gasteiger partial charge is 0.279 e. The molecule has 7 heteroatoms. The molecule has 0 aromatic heterocycles. The Kier molecular flexibility index (Phi) is 6.98. The average Bonchev–Trinajstić information content (AvgIpc) is 2.51. The van der Waals surface area contributed by atoms with Crippen LogP contribution in [-0.2, 0) is 26.3 Å². The van der Waals surface area contributed by atoms with Crippen LogP contribution in [0.5, 0.6) is 0 Å². The molecule has 2 rings (SSSR count). The van der Waals surface area contributed by atoms with Gasteiger partial charge in [0.2, 0.25) is 0 Å². The van der Waals surface area contributed by atoms with E-state index < -0.39 is 10.2 Å². The summed E-state index contributed by atoms with van der Waals surface area (Å²) < 4.78 is 39.7. The van der Waals surface area contributed by atoms with Crippen LogP contribution >= 0.6 is 0 Å². The maximum absolute atomic E-state index is 12.2. The van der Waals surface area contributed by atoms with Gasteiger partial charge in [-0.1, -0.05) is 30.3 Å². The molecule has 1 heterocycles. The molecule has 1 aromatic carbocycles. The van der Waals surface area contributed by atoms with Gasteiger partial charge in [0, 0.05) is 26.2 Å².